The molecule has 0 aliphatic carbocycles. The number of primary amides is 1. The van der Waals surface area contributed by atoms with Gasteiger partial charge in [0.2, 0.25) is 0 Å². The second kappa shape index (κ2) is 3.69. The molecule has 0 aromatic rings. The highest BCUT2D eigenvalue weighted by Crippen LogP contribution is 2.16. The molecule has 0 heterocycles. The van der Waals surface area contributed by atoms with E-state index in [-0.39, 0.29) is 0 Å². The Kier molecular flexibility index (Phi) is 3.54. The summed E-state index contributed by atoms with van der Waals surface area (Å²) in [4.78, 5) is 10.1. The Morgan fingerprint density at radius 1 is 1.50 bits per heavy atom. The second-order valence-electron chi connectivity index (χ2n) is 2.81. The molecule has 0 spiro atoms. The summed E-state index contributed by atoms with van der Waals surface area (Å²) in [5.74, 6) is 1.74. The fraction of sp³-hybridized carbons (Fsp3) is 0.500. The summed E-state index contributed by atoms with van der Waals surface area (Å²) in [5, 5.41) is 2.68. The minimum absolute atomic E-state index is 0.550. The van der Waals surface area contributed by atoms with Gasteiger partial charge in [-0.15, -0.1) is 11.2 Å². The third-order valence-electron chi connectivity index (χ3n) is 0.531. The van der Waals surface area contributed by atoms with Crippen LogP contribution in [0.3, 0.4) is 0 Å². The van der Waals surface area contributed by atoms with E-state index in [0.717, 1.165) is 0 Å². The Morgan fingerprint density at radius 3 is 2.30 bits per heavy atom. The first-order chi connectivity index (χ1) is 4.42. The van der Waals surface area contributed by atoms with Crippen LogP contribution in [0.1, 0.15) is 0 Å². The molecule has 0 rings (SSSR count). The van der Waals surface area contributed by atoms with Gasteiger partial charge in [0.1, 0.15) is 7.22 Å². The molecule has 0 atom stereocenters. The molecule has 56 valence electrons. The highest BCUT2D eigenvalue weighted by molar-refractivity contribution is 8.32. The van der Waals surface area contributed by atoms with E-state index < -0.39 is 13.1 Å². The molecule has 0 saturated heterocycles. The Hall–Kier alpha value is -0.403. The largest absolute Gasteiger partial charge is 0.359 e. The van der Waals surface area contributed by atoms with Gasteiger partial charge in [-0.1, -0.05) is 19.6 Å². The number of hydrogen-bond donors (Lipinski definition) is 1. The summed E-state index contributed by atoms with van der Waals surface area (Å²) in [6.07, 6.45) is 0. The van der Waals surface area contributed by atoms with Crippen LogP contribution in [-0.4, -0.2) is 13.1 Å². The molecule has 0 fully saturated rings. The SMILES string of the molecule is C[Si](C)(C)SC#CC(N)=O. The minimum atomic E-state index is -1.19. The summed E-state index contributed by atoms with van der Waals surface area (Å²) in [5.41, 5.74) is 4.81. The Labute approximate surface area is 66.2 Å². The van der Waals surface area contributed by atoms with Crippen molar-refractivity contribution in [1.29, 1.82) is 0 Å². The number of nitrogens with two attached hydrogens (primary N) is 1. The molecule has 2 nitrogen and oxygen atoms in total. The van der Waals surface area contributed by atoms with Crippen molar-refractivity contribution in [3.8, 4) is 11.2 Å². The molecular formula is C6H11NOSSi. The normalized spacial score (nSPS) is 9.90. The second-order valence-corrected chi connectivity index (χ2v) is 11.7. The monoisotopic (exact) mass is 173 g/mol. The Balaban J connectivity index is 3.78. The van der Waals surface area contributed by atoms with Crippen LogP contribution in [-0.2, 0) is 4.79 Å². The minimum Gasteiger partial charge on any atom is -0.359 e. The van der Waals surface area contributed by atoms with Gasteiger partial charge in [0.15, 0.2) is 0 Å². The van der Waals surface area contributed by atoms with Crippen LogP contribution in [0, 0.1) is 11.2 Å². The fourth-order valence-electron chi connectivity index (χ4n) is 0.229. The lowest BCUT2D eigenvalue weighted by atomic mass is 10.7. The Bertz CT molecular complexity index is 186. The quantitative estimate of drug-likeness (QED) is 0.475. The first-order valence-electron chi connectivity index (χ1n) is 2.90. The van der Waals surface area contributed by atoms with Crippen LogP contribution in [0.2, 0.25) is 19.6 Å². The van der Waals surface area contributed by atoms with Gasteiger partial charge in [0, 0.05) is 5.92 Å². The molecule has 0 aliphatic heterocycles. The lowest BCUT2D eigenvalue weighted by molar-refractivity contribution is -0.112. The average Bonchev–Trinajstić information content (AvgIpc) is 1.59. The maximum absolute atomic E-state index is 10.1. The molecule has 0 unspecified atom stereocenters. The molecule has 4 heteroatoms. The van der Waals surface area contributed by atoms with E-state index in [0.29, 0.717) is 0 Å². The topological polar surface area (TPSA) is 43.1 Å². The first kappa shape index (κ1) is 9.60. The van der Waals surface area contributed by atoms with Gasteiger partial charge in [-0.3, -0.25) is 4.79 Å². The molecule has 0 bridgehead atoms. The maximum Gasteiger partial charge on any atom is 0.294 e. The zero-order chi connectivity index (χ0) is 8.20. The van der Waals surface area contributed by atoms with Crippen molar-refractivity contribution >= 4 is 24.3 Å². The van der Waals surface area contributed by atoms with Gasteiger partial charge in [-0.25, -0.2) is 0 Å². The van der Waals surface area contributed by atoms with E-state index in [2.05, 4.69) is 30.8 Å². The van der Waals surface area contributed by atoms with E-state index in [1.54, 1.807) is 0 Å². The standard InChI is InChI=1S/C6H11NOSSi/c1-10(2,3)9-5-4-6(7)8/h1-3H3,(H2,7,8). The van der Waals surface area contributed by atoms with E-state index in [1.807, 2.05) is 0 Å². The number of carbonyl (C=O) groups excluding carboxylic acids is 1. The molecule has 1 amide bonds. The van der Waals surface area contributed by atoms with Gasteiger partial charge in [-0.2, -0.15) is 0 Å². The summed E-state index contributed by atoms with van der Waals surface area (Å²) >= 11 is 1.54. The molecule has 0 radical (unpaired) electrons. The number of amides is 1. The van der Waals surface area contributed by atoms with Crippen LogP contribution >= 0.6 is 11.2 Å². The van der Waals surface area contributed by atoms with Crippen molar-refractivity contribution in [2.75, 3.05) is 0 Å². The maximum atomic E-state index is 10.1. The average molecular weight is 173 g/mol. The highest BCUT2D eigenvalue weighted by Gasteiger charge is 2.11. The van der Waals surface area contributed by atoms with E-state index in [9.17, 15) is 4.79 Å². The zero-order valence-electron chi connectivity index (χ0n) is 6.39. The van der Waals surface area contributed by atoms with Crippen LogP contribution in [0.15, 0.2) is 0 Å². The Morgan fingerprint density at radius 2 is 2.00 bits per heavy atom. The predicted octanol–water partition coefficient (Wildman–Crippen LogP) is 1.00. The van der Waals surface area contributed by atoms with Crippen LogP contribution in [0.4, 0.5) is 0 Å². The number of hydrogen-bond acceptors (Lipinski definition) is 2. The fourth-order valence-corrected chi connectivity index (χ4v) is 1.76. The molecule has 2 N–H and O–H groups in total. The van der Waals surface area contributed by atoms with Crippen molar-refractivity contribution in [2.24, 2.45) is 5.73 Å². The van der Waals surface area contributed by atoms with Gasteiger partial charge < -0.3 is 5.73 Å². The van der Waals surface area contributed by atoms with E-state index in [1.165, 1.54) is 11.2 Å². The van der Waals surface area contributed by atoms with Crippen LogP contribution < -0.4 is 5.73 Å². The zero-order valence-corrected chi connectivity index (χ0v) is 8.21. The summed E-state index contributed by atoms with van der Waals surface area (Å²) in [6.45, 7) is 6.48. The van der Waals surface area contributed by atoms with Crippen molar-refractivity contribution in [2.45, 2.75) is 19.6 Å². The molecule has 10 heavy (non-hydrogen) atoms. The first-order valence-corrected chi connectivity index (χ1v) is 7.94. The van der Waals surface area contributed by atoms with Crippen LogP contribution in [0.5, 0.6) is 0 Å². The molecule has 0 saturated carbocycles. The number of rotatable bonds is 1. The van der Waals surface area contributed by atoms with Crippen LogP contribution in [0.25, 0.3) is 0 Å². The van der Waals surface area contributed by atoms with Crippen molar-refractivity contribution in [1.82, 2.24) is 0 Å². The van der Waals surface area contributed by atoms with Crippen molar-refractivity contribution in [3.05, 3.63) is 0 Å². The molecule has 0 aliphatic rings. The van der Waals surface area contributed by atoms with Crippen molar-refractivity contribution < 1.29 is 4.79 Å². The molecule has 0 aromatic heterocycles. The summed E-state index contributed by atoms with van der Waals surface area (Å²) in [6, 6.07) is 0. The lowest BCUT2D eigenvalue weighted by Gasteiger charge is -2.07. The van der Waals surface area contributed by atoms with Gasteiger partial charge in [0.25, 0.3) is 5.91 Å². The molecular weight excluding hydrogens is 162 g/mol. The smallest absolute Gasteiger partial charge is 0.294 e. The lowest BCUT2D eigenvalue weighted by Crippen LogP contribution is -2.12. The van der Waals surface area contributed by atoms with Gasteiger partial charge in [-0.05, 0) is 5.25 Å². The third kappa shape index (κ3) is 7.60. The highest BCUT2D eigenvalue weighted by atomic mass is 32.4. The predicted molar refractivity (Wildman–Crippen MR) is 47.9 cm³/mol. The summed E-state index contributed by atoms with van der Waals surface area (Å²) in [7, 11) is -1.19. The van der Waals surface area contributed by atoms with E-state index in [4.69, 9.17) is 5.73 Å². The van der Waals surface area contributed by atoms with Crippen molar-refractivity contribution in [3.63, 3.8) is 0 Å². The van der Waals surface area contributed by atoms with E-state index >= 15 is 0 Å². The number of carbonyl (C=O) groups is 1. The molecule has 0 aromatic carbocycles. The van der Waals surface area contributed by atoms with Gasteiger partial charge in [0.05, 0.1) is 0 Å². The summed E-state index contributed by atoms with van der Waals surface area (Å²) < 4.78 is 0. The third-order valence-corrected chi connectivity index (χ3v) is 3.49. The van der Waals surface area contributed by atoms with Gasteiger partial charge >= 0.3 is 0 Å².